The van der Waals surface area contributed by atoms with Gasteiger partial charge in [0.2, 0.25) is 0 Å². The first-order valence-corrected chi connectivity index (χ1v) is 6.16. The van der Waals surface area contributed by atoms with E-state index in [0.29, 0.717) is 12.5 Å². The molecule has 0 bridgehead atoms. The Morgan fingerprint density at radius 2 is 2.17 bits per heavy atom. The van der Waals surface area contributed by atoms with Crippen molar-refractivity contribution < 1.29 is 19.8 Å². The lowest BCUT2D eigenvalue weighted by atomic mass is 9.94. The van der Waals surface area contributed by atoms with Crippen molar-refractivity contribution in [2.24, 2.45) is 5.92 Å². The number of carboxylic acid groups (broad SMARTS) is 1. The highest BCUT2D eigenvalue weighted by atomic mass is 16.4. The third-order valence-corrected chi connectivity index (χ3v) is 2.95. The van der Waals surface area contributed by atoms with Crippen LogP contribution in [-0.2, 0) is 4.79 Å². The summed E-state index contributed by atoms with van der Waals surface area (Å²) in [5, 5.41) is 22.5. The van der Waals surface area contributed by atoms with Gasteiger partial charge in [-0.2, -0.15) is 0 Å². The second kappa shape index (κ2) is 7.71. The van der Waals surface area contributed by atoms with E-state index in [1.165, 1.54) is 0 Å². The Kier molecular flexibility index (Phi) is 6.21. The summed E-state index contributed by atoms with van der Waals surface area (Å²) >= 11 is 0. The molecule has 0 heterocycles. The number of urea groups is 1. The van der Waals surface area contributed by atoms with Crippen LogP contribution in [0.2, 0.25) is 0 Å². The second-order valence-electron chi connectivity index (χ2n) is 4.41. The Bertz CT molecular complexity index is 317. The highest BCUT2D eigenvalue weighted by Crippen LogP contribution is 2.16. The van der Waals surface area contributed by atoms with E-state index in [-0.39, 0.29) is 13.0 Å². The lowest BCUT2D eigenvalue weighted by Crippen LogP contribution is -2.47. The van der Waals surface area contributed by atoms with Crippen LogP contribution in [0.1, 0.15) is 25.7 Å². The maximum atomic E-state index is 11.5. The minimum atomic E-state index is -1.14. The topological polar surface area (TPSA) is 98.7 Å². The van der Waals surface area contributed by atoms with Crippen LogP contribution in [0.5, 0.6) is 0 Å². The molecule has 0 saturated carbocycles. The van der Waals surface area contributed by atoms with Gasteiger partial charge in [-0.1, -0.05) is 12.2 Å². The van der Waals surface area contributed by atoms with Crippen molar-refractivity contribution >= 4 is 12.0 Å². The number of rotatable bonds is 6. The number of aliphatic carboxylic acids is 1. The molecular weight excluding hydrogens is 236 g/mol. The molecule has 2 atom stereocenters. The molecule has 6 heteroatoms. The standard InChI is InChI=1S/C12H20N2O4/c15-7-6-10(11(16)17)14-12(18)13-8-9-4-2-1-3-5-9/h1-2,9-10,15H,3-8H2,(H,16,17)(H2,13,14,18)/t9?,10-/m0/s1. The van der Waals surface area contributed by atoms with Gasteiger partial charge in [0.05, 0.1) is 0 Å². The van der Waals surface area contributed by atoms with Gasteiger partial charge in [0.15, 0.2) is 0 Å². The summed E-state index contributed by atoms with van der Waals surface area (Å²) in [6, 6.07) is -1.54. The summed E-state index contributed by atoms with van der Waals surface area (Å²) in [4.78, 5) is 22.3. The van der Waals surface area contributed by atoms with Gasteiger partial charge in [-0.25, -0.2) is 9.59 Å². The maximum absolute atomic E-state index is 11.5. The summed E-state index contributed by atoms with van der Waals surface area (Å²) in [6.45, 7) is 0.270. The van der Waals surface area contributed by atoms with E-state index in [0.717, 1.165) is 19.3 Å². The van der Waals surface area contributed by atoms with Gasteiger partial charge in [0.25, 0.3) is 0 Å². The molecule has 0 spiro atoms. The van der Waals surface area contributed by atoms with Gasteiger partial charge in [0, 0.05) is 19.6 Å². The largest absolute Gasteiger partial charge is 0.480 e. The van der Waals surface area contributed by atoms with E-state index in [9.17, 15) is 9.59 Å². The van der Waals surface area contributed by atoms with Crippen LogP contribution in [0.15, 0.2) is 12.2 Å². The van der Waals surface area contributed by atoms with Crippen molar-refractivity contribution in [3.8, 4) is 0 Å². The molecule has 1 rings (SSSR count). The molecule has 0 aromatic carbocycles. The van der Waals surface area contributed by atoms with E-state index in [2.05, 4.69) is 22.8 Å². The van der Waals surface area contributed by atoms with Crippen LogP contribution < -0.4 is 10.6 Å². The first-order chi connectivity index (χ1) is 8.63. The lowest BCUT2D eigenvalue weighted by molar-refractivity contribution is -0.139. The maximum Gasteiger partial charge on any atom is 0.326 e. The Labute approximate surface area is 106 Å². The number of amides is 2. The van der Waals surface area contributed by atoms with Gasteiger partial charge < -0.3 is 20.8 Å². The third kappa shape index (κ3) is 5.18. The average molecular weight is 256 g/mol. The quantitative estimate of drug-likeness (QED) is 0.519. The van der Waals surface area contributed by atoms with Crippen LogP contribution in [-0.4, -0.2) is 41.4 Å². The Hall–Kier alpha value is -1.56. The van der Waals surface area contributed by atoms with E-state index < -0.39 is 18.0 Å². The summed E-state index contributed by atoms with van der Waals surface area (Å²) in [5.41, 5.74) is 0. The monoisotopic (exact) mass is 256 g/mol. The molecule has 0 aromatic rings. The predicted octanol–water partition coefficient (Wildman–Crippen LogP) is 0.478. The van der Waals surface area contributed by atoms with E-state index in [1.54, 1.807) is 0 Å². The van der Waals surface area contributed by atoms with Crippen LogP contribution in [0, 0.1) is 5.92 Å². The molecule has 2 amide bonds. The van der Waals surface area contributed by atoms with Gasteiger partial charge >= 0.3 is 12.0 Å². The second-order valence-corrected chi connectivity index (χ2v) is 4.41. The van der Waals surface area contributed by atoms with Crippen LogP contribution in [0.25, 0.3) is 0 Å². The summed E-state index contributed by atoms with van der Waals surface area (Å²) in [6.07, 6.45) is 7.23. The molecule has 0 aliphatic heterocycles. The van der Waals surface area contributed by atoms with Crippen molar-refractivity contribution in [3.05, 3.63) is 12.2 Å². The molecular formula is C12H20N2O4. The normalized spacial score (nSPS) is 20.2. The zero-order chi connectivity index (χ0) is 13.4. The number of carbonyl (C=O) groups is 2. The summed E-state index contributed by atoms with van der Waals surface area (Å²) < 4.78 is 0. The number of nitrogens with one attached hydrogen (secondary N) is 2. The SMILES string of the molecule is O=C(NCC1CC=CCC1)N[C@@H](CCO)C(=O)O. The molecule has 0 fully saturated rings. The summed E-state index contributed by atoms with van der Waals surface area (Å²) in [7, 11) is 0. The van der Waals surface area contributed by atoms with Crippen molar-refractivity contribution in [1.29, 1.82) is 0 Å². The number of aliphatic hydroxyl groups excluding tert-OH is 1. The number of allylic oxidation sites excluding steroid dienone is 2. The van der Waals surface area contributed by atoms with Crippen LogP contribution in [0.3, 0.4) is 0 Å². The number of carboxylic acids is 1. The van der Waals surface area contributed by atoms with Gasteiger partial charge in [0.1, 0.15) is 6.04 Å². The van der Waals surface area contributed by atoms with E-state index >= 15 is 0 Å². The zero-order valence-corrected chi connectivity index (χ0v) is 10.3. The molecule has 0 radical (unpaired) electrons. The van der Waals surface area contributed by atoms with Crippen molar-refractivity contribution in [3.63, 3.8) is 0 Å². The fourth-order valence-corrected chi connectivity index (χ4v) is 1.87. The number of aliphatic hydroxyl groups is 1. The molecule has 4 N–H and O–H groups in total. The van der Waals surface area contributed by atoms with Gasteiger partial charge in [-0.15, -0.1) is 0 Å². The van der Waals surface area contributed by atoms with Gasteiger partial charge in [-0.05, 0) is 25.2 Å². The van der Waals surface area contributed by atoms with E-state index in [4.69, 9.17) is 10.2 Å². The van der Waals surface area contributed by atoms with Crippen molar-refractivity contribution in [2.75, 3.05) is 13.2 Å². The third-order valence-electron chi connectivity index (χ3n) is 2.95. The molecule has 1 aliphatic carbocycles. The van der Waals surface area contributed by atoms with E-state index in [1.807, 2.05) is 0 Å². The van der Waals surface area contributed by atoms with Crippen LogP contribution in [0.4, 0.5) is 4.79 Å². The fraction of sp³-hybridized carbons (Fsp3) is 0.667. The fourth-order valence-electron chi connectivity index (χ4n) is 1.87. The Morgan fingerprint density at radius 3 is 2.72 bits per heavy atom. The minimum Gasteiger partial charge on any atom is -0.480 e. The highest BCUT2D eigenvalue weighted by molar-refractivity contribution is 5.82. The minimum absolute atomic E-state index is 0.00885. The van der Waals surface area contributed by atoms with Gasteiger partial charge in [-0.3, -0.25) is 0 Å². The van der Waals surface area contributed by atoms with Crippen molar-refractivity contribution in [2.45, 2.75) is 31.7 Å². The predicted molar refractivity (Wildman–Crippen MR) is 66.1 cm³/mol. The molecule has 1 aliphatic rings. The smallest absolute Gasteiger partial charge is 0.326 e. The molecule has 18 heavy (non-hydrogen) atoms. The first kappa shape index (κ1) is 14.5. The number of hydrogen-bond donors (Lipinski definition) is 4. The number of hydrogen-bond acceptors (Lipinski definition) is 3. The highest BCUT2D eigenvalue weighted by Gasteiger charge is 2.19. The van der Waals surface area contributed by atoms with Crippen molar-refractivity contribution in [1.82, 2.24) is 10.6 Å². The molecule has 0 saturated heterocycles. The molecule has 102 valence electrons. The lowest BCUT2D eigenvalue weighted by Gasteiger charge is -2.19. The number of carbonyl (C=O) groups excluding carboxylic acids is 1. The average Bonchev–Trinajstić information content (AvgIpc) is 2.37. The molecule has 6 nitrogen and oxygen atoms in total. The Balaban J connectivity index is 2.27. The zero-order valence-electron chi connectivity index (χ0n) is 10.3. The molecule has 1 unspecified atom stereocenters. The molecule has 0 aromatic heterocycles. The Morgan fingerprint density at radius 1 is 1.39 bits per heavy atom. The van der Waals surface area contributed by atoms with Crippen LogP contribution >= 0.6 is 0 Å². The summed E-state index contributed by atoms with van der Waals surface area (Å²) in [5.74, 6) is -0.721. The first-order valence-electron chi connectivity index (χ1n) is 6.16.